The minimum absolute atomic E-state index is 0.0403. The van der Waals surface area contributed by atoms with E-state index in [2.05, 4.69) is 24.3 Å². The summed E-state index contributed by atoms with van der Waals surface area (Å²) in [5.41, 5.74) is 13.1. The first-order valence-corrected chi connectivity index (χ1v) is 10.6. The predicted molar refractivity (Wildman–Crippen MR) is 122 cm³/mol. The van der Waals surface area contributed by atoms with Gasteiger partial charge in [-0.25, -0.2) is 0 Å². The molecule has 0 fully saturated rings. The number of hydrogen-bond acceptors (Lipinski definition) is 4. The molecule has 30 heavy (non-hydrogen) atoms. The zero-order chi connectivity index (χ0) is 21.2. The molecular formula is C25H31N3O2. The molecule has 4 N–H and O–H groups in total. The van der Waals surface area contributed by atoms with Gasteiger partial charge in [-0.1, -0.05) is 60.7 Å². The molecule has 0 saturated carbocycles. The maximum atomic E-state index is 12.9. The van der Waals surface area contributed by atoms with Crippen LogP contribution in [-0.2, 0) is 11.2 Å². The number of benzene rings is 3. The van der Waals surface area contributed by atoms with E-state index >= 15 is 0 Å². The van der Waals surface area contributed by atoms with Gasteiger partial charge in [0.15, 0.2) is 0 Å². The van der Waals surface area contributed by atoms with E-state index in [4.69, 9.17) is 16.2 Å². The van der Waals surface area contributed by atoms with Crippen molar-refractivity contribution >= 4 is 16.7 Å². The van der Waals surface area contributed by atoms with Gasteiger partial charge in [0, 0.05) is 6.54 Å². The number of nitrogens with two attached hydrogens (primary N) is 2. The third-order valence-corrected chi connectivity index (χ3v) is 5.20. The van der Waals surface area contributed by atoms with E-state index in [1.54, 1.807) is 4.90 Å². The van der Waals surface area contributed by atoms with Crippen LogP contribution in [0.4, 0.5) is 0 Å². The fourth-order valence-electron chi connectivity index (χ4n) is 3.47. The molecule has 0 spiro atoms. The Kier molecular flexibility index (Phi) is 8.24. The van der Waals surface area contributed by atoms with Gasteiger partial charge in [0.1, 0.15) is 12.4 Å². The Balaban J connectivity index is 1.53. The van der Waals surface area contributed by atoms with Gasteiger partial charge in [-0.3, -0.25) is 4.79 Å². The number of carbonyl (C=O) groups is 1. The summed E-state index contributed by atoms with van der Waals surface area (Å²) in [4.78, 5) is 14.7. The van der Waals surface area contributed by atoms with Crippen molar-refractivity contribution in [3.63, 3.8) is 0 Å². The summed E-state index contributed by atoms with van der Waals surface area (Å²) in [5.74, 6) is 0.759. The average Bonchev–Trinajstić information content (AvgIpc) is 2.79. The second kappa shape index (κ2) is 11.3. The Bertz CT molecular complexity index is 930. The van der Waals surface area contributed by atoms with Crippen LogP contribution in [0.15, 0.2) is 72.8 Å². The second-order valence-corrected chi connectivity index (χ2v) is 7.46. The first-order chi connectivity index (χ1) is 14.7. The molecular weight excluding hydrogens is 374 g/mol. The molecule has 0 aliphatic heterocycles. The Morgan fingerprint density at radius 1 is 0.933 bits per heavy atom. The summed E-state index contributed by atoms with van der Waals surface area (Å²) in [6.45, 7) is 2.04. The normalized spacial score (nSPS) is 11.9. The van der Waals surface area contributed by atoms with E-state index in [1.165, 1.54) is 10.9 Å². The maximum absolute atomic E-state index is 12.9. The fourth-order valence-corrected chi connectivity index (χ4v) is 3.47. The number of hydrogen-bond donors (Lipinski definition) is 2. The van der Waals surface area contributed by atoms with Crippen molar-refractivity contribution < 1.29 is 9.53 Å². The van der Waals surface area contributed by atoms with Gasteiger partial charge >= 0.3 is 0 Å². The standard InChI is InChI=1S/C25H31N3O2/c26-15-6-16-28(25(29)24(27)14-11-20-7-2-1-3-8-20)17-18-30-23-13-12-21-9-4-5-10-22(21)19-23/h1-5,7-10,12-13,19,24H,6,11,14-18,26-27H2/t24-/m0/s1. The molecule has 3 aromatic carbocycles. The average molecular weight is 406 g/mol. The van der Waals surface area contributed by atoms with Crippen molar-refractivity contribution in [1.82, 2.24) is 4.90 Å². The lowest BCUT2D eigenvalue weighted by molar-refractivity contribution is -0.133. The number of aryl methyl sites for hydroxylation is 1. The van der Waals surface area contributed by atoms with Crippen LogP contribution in [-0.4, -0.2) is 43.1 Å². The number of rotatable bonds is 11. The Labute approximate surface area is 178 Å². The highest BCUT2D eigenvalue weighted by Crippen LogP contribution is 2.20. The highest BCUT2D eigenvalue weighted by molar-refractivity contribution is 5.83. The summed E-state index contributed by atoms with van der Waals surface area (Å²) in [5, 5.41) is 2.31. The molecule has 0 heterocycles. The minimum atomic E-state index is -0.524. The zero-order valence-corrected chi connectivity index (χ0v) is 17.4. The lowest BCUT2D eigenvalue weighted by atomic mass is 10.0. The minimum Gasteiger partial charge on any atom is -0.492 e. The molecule has 0 aliphatic carbocycles. The summed E-state index contributed by atoms with van der Waals surface area (Å²) >= 11 is 0. The van der Waals surface area contributed by atoms with E-state index < -0.39 is 6.04 Å². The van der Waals surface area contributed by atoms with Crippen molar-refractivity contribution in [2.75, 3.05) is 26.2 Å². The molecule has 158 valence electrons. The number of fused-ring (bicyclic) bond motifs is 1. The largest absolute Gasteiger partial charge is 0.492 e. The quantitative estimate of drug-likeness (QED) is 0.513. The van der Waals surface area contributed by atoms with Crippen LogP contribution in [0.2, 0.25) is 0 Å². The summed E-state index contributed by atoms with van der Waals surface area (Å²) < 4.78 is 5.92. The molecule has 0 saturated heterocycles. The molecule has 0 aliphatic rings. The summed E-state index contributed by atoms with van der Waals surface area (Å²) in [7, 11) is 0. The van der Waals surface area contributed by atoms with Gasteiger partial charge in [-0.05, 0) is 54.3 Å². The van der Waals surface area contributed by atoms with Crippen LogP contribution >= 0.6 is 0 Å². The van der Waals surface area contributed by atoms with Gasteiger partial charge in [0.25, 0.3) is 0 Å². The molecule has 3 aromatic rings. The van der Waals surface area contributed by atoms with Crippen LogP contribution in [0.25, 0.3) is 10.8 Å². The maximum Gasteiger partial charge on any atom is 0.239 e. The first-order valence-electron chi connectivity index (χ1n) is 10.6. The fraction of sp³-hybridized carbons (Fsp3) is 0.320. The molecule has 5 nitrogen and oxygen atoms in total. The highest BCUT2D eigenvalue weighted by Gasteiger charge is 2.20. The smallest absolute Gasteiger partial charge is 0.239 e. The van der Waals surface area contributed by atoms with Crippen LogP contribution in [0.5, 0.6) is 5.75 Å². The van der Waals surface area contributed by atoms with Gasteiger partial charge in [0.05, 0.1) is 12.6 Å². The van der Waals surface area contributed by atoms with Gasteiger partial charge in [-0.2, -0.15) is 0 Å². The number of carbonyl (C=O) groups excluding carboxylic acids is 1. The Hall–Kier alpha value is -2.89. The SMILES string of the molecule is NCCCN(CCOc1ccc2ccccc2c1)C(=O)[C@@H](N)CCc1ccccc1. The van der Waals surface area contributed by atoms with E-state index in [1.807, 2.05) is 48.5 Å². The van der Waals surface area contributed by atoms with E-state index in [0.29, 0.717) is 32.7 Å². The summed E-state index contributed by atoms with van der Waals surface area (Å²) in [6.07, 6.45) is 2.15. The van der Waals surface area contributed by atoms with Crippen LogP contribution in [0.3, 0.4) is 0 Å². The predicted octanol–water partition coefficient (Wildman–Crippen LogP) is 3.36. The first kappa shape index (κ1) is 21.8. The lowest BCUT2D eigenvalue weighted by Gasteiger charge is -2.26. The topological polar surface area (TPSA) is 81.6 Å². The van der Waals surface area contributed by atoms with E-state index in [-0.39, 0.29) is 5.91 Å². The van der Waals surface area contributed by atoms with Crippen molar-refractivity contribution in [2.24, 2.45) is 11.5 Å². The van der Waals surface area contributed by atoms with Crippen LogP contribution in [0, 0.1) is 0 Å². The van der Waals surface area contributed by atoms with Gasteiger partial charge in [-0.15, -0.1) is 0 Å². The molecule has 0 radical (unpaired) electrons. The third-order valence-electron chi connectivity index (χ3n) is 5.20. The number of amides is 1. The molecule has 1 atom stereocenters. The van der Waals surface area contributed by atoms with Crippen LogP contribution < -0.4 is 16.2 Å². The van der Waals surface area contributed by atoms with Crippen molar-refractivity contribution in [2.45, 2.75) is 25.3 Å². The monoisotopic (exact) mass is 405 g/mol. The molecule has 5 heteroatoms. The number of nitrogens with zero attached hydrogens (tertiary/aromatic N) is 1. The third kappa shape index (κ3) is 6.31. The molecule has 3 rings (SSSR count). The Morgan fingerprint density at radius 2 is 1.67 bits per heavy atom. The summed E-state index contributed by atoms with van der Waals surface area (Å²) in [6, 6.07) is 23.8. The second-order valence-electron chi connectivity index (χ2n) is 7.46. The van der Waals surface area contributed by atoms with Gasteiger partial charge < -0.3 is 21.1 Å². The number of ether oxygens (including phenoxy) is 1. The molecule has 0 unspecified atom stereocenters. The molecule has 1 amide bonds. The Morgan fingerprint density at radius 3 is 2.43 bits per heavy atom. The van der Waals surface area contributed by atoms with Crippen molar-refractivity contribution in [1.29, 1.82) is 0 Å². The van der Waals surface area contributed by atoms with Crippen molar-refractivity contribution in [3.8, 4) is 5.75 Å². The highest BCUT2D eigenvalue weighted by atomic mass is 16.5. The lowest BCUT2D eigenvalue weighted by Crippen LogP contribution is -2.46. The zero-order valence-electron chi connectivity index (χ0n) is 17.4. The molecule has 0 bridgehead atoms. The molecule has 0 aromatic heterocycles. The van der Waals surface area contributed by atoms with Crippen LogP contribution in [0.1, 0.15) is 18.4 Å². The van der Waals surface area contributed by atoms with Gasteiger partial charge in [0.2, 0.25) is 5.91 Å². The van der Waals surface area contributed by atoms with E-state index in [9.17, 15) is 4.79 Å². The van der Waals surface area contributed by atoms with E-state index in [0.717, 1.165) is 24.0 Å². The van der Waals surface area contributed by atoms with Crippen molar-refractivity contribution in [3.05, 3.63) is 78.4 Å².